The molecule has 0 unspecified atom stereocenters. The van der Waals surface area contributed by atoms with Crippen molar-refractivity contribution in [2.45, 2.75) is 39.3 Å². The lowest BCUT2D eigenvalue weighted by Gasteiger charge is -2.28. The molecule has 7 nitrogen and oxygen atoms in total. The second-order valence-electron chi connectivity index (χ2n) is 5.67. The molecule has 6 N–H and O–H groups in total. The fraction of sp³-hybridized carbons (Fsp3) is 0.857. The van der Waals surface area contributed by atoms with Crippen LogP contribution in [0.25, 0.3) is 0 Å². The zero-order chi connectivity index (χ0) is 15.9. The molecule has 130 valence electrons. The number of ether oxygens (including phenoxy) is 1. The van der Waals surface area contributed by atoms with Gasteiger partial charge in [0.05, 0.1) is 12.1 Å². The number of carbonyl (C=O) groups excluding carboxylic acids is 1. The average molecular weight is 308 g/mol. The lowest BCUT2D eigenvalue weighted by atomic mass is 10.0. The van der Waals surface area contributed by atoms with Crippen molar-refractivity contribution >= 4 is 11.7 Å². The molecule has 1 amide bonds. The van der Waals surface area contributed by atoms with Gasteiger partial charge in [0.25, 0.3) is 0 Å². The van der Waals surface area contributed by atoms with Gasteiger partial charge < -0.3 is 26.6 Å². The molecule has 7 heteroatoms. The van der Waals surface area contributed by atoms with Crippen LogP contribution in [0, 0.1) is 11.8 Å². The summed E-state index contributed by atoms with van der Waals surface area (Å²) in [5.74, 6) is 1.10. The van der Waals surface area contributed by atoms with E-state index in [0.29, 0.717) is 11.8 Å². The summed E-state index contributed by atoms with van der Waals surface area (Å²) in [4.78, 5) is 18.0. The third kappa shape index (κ3) is 6.41. The second kappa shape index (κ2) is 10.5. The summed E-state index contributed by atoms with van der Waals surface area (Å²) >= 11 is 0. The number of amides is 1. The maximum atomic E-state index is 12.3. The molecule has 1 aliphatic heterocycles. The number of likely N-dealkylation sites (tertiary alicyclic amines) is 1. The molecule has 1 rings (SSSR count). The molecule has 21 heavy (non-hydrogen) atoms. The quantitative estimate of drug-likeness (QED) is 0.567. The minimum Gasteiger partial charge on any atom is -0.412 e. The van der Waals surface area contributed by atoms with Crippen molar-refractivity contribution in [1.29, 1.82) is 0 Å². The van der Waals surface area contributed by atoms with E-state index in [0.717, 1.165) is 13.0 Å². The van der Waals surface area contributed by atoms with Crippen LogP contribution in [0.15, 0.2) is 4.99 Å². The van der Waals surface area contributed by atoms with E-state index in [1.54, 1.807) is 26.2 Å². The van der Waals surface area contributed by atoms with Crippen LogP contribution >= 0.6 is 0 Å². The molecule has 0 spiro atoms. The molecule has 3 atom stereocenters. The first kappa shape index (κ1) is 22.1. The Balaban J connectivity index is -0.000000279. The van der Waals surface area contributed by atoms with Gasteiger partial charge in [-0.05, 0) is 18.3 Å². The number of hydrogen-bond acceptors (Lipinski definition) is 4. The molecule has 0 aromatic carbocycles. The fourth-order valence-corrected chi connectivity index (χ4v) is 2.20. The number of nitrogens with zero attached hydrogens (tertiary/aromatic N) is 2. The van der Waals surface area contributed by atoms with Gasteiger partial charge >= 0.3 is 0 Å². The summed E-state index contributed by atoms with van der Waals surface area (Å²) in [5, 5.41) is 0. The normalized spacial score (nSPS) is 23.2. The molecular weight excluding hydrogens is 272 g/mol. The van der Waals surface area contributed by atoms with Crippen molar-refractivity contribution in [2.24, 2.45) is 28.3 Å². The Kier molecular flexibility index (Phi) is 11.1. The first-order valence-electron chi connectivity index (χ1n) is 6.98. The average Bonchev–Trinajstić information content (AvgIpc) is 2.79. The van der Waals surface area contributed by atoms with Crippen LogP contribution in [-0.2, 0) is 9.53 Å². The largest absolute Gasteiger partial charge is 0.412 e. The third-order valence-corrected chi connectivity index (χ3v) is 3.40. The van der Waals surface area contributed by atoms with E-state index in [2.05, 4.69) is 16.7 Å². The summed E-state index contributed by atoms with van der Waals surface area (Å²) in [6, 6.07) is -0.528. The van der Waals surface area contributed by atoms with Gasteiger partial charge in [-0.15, -0.1) is 0 Å². The molecule has 1 heterocycles. The molecule has 0 bridgehead atoms. The summed E-state index contributed by atoms with van der Waals surface area (Å²) in [5.41, 5.74) is 11.8. The van der Waals surface area contributed by atoms with Crippen molar-refractivity contribution in [3.05, 3.63) is 0 Å². The lowest BCUT2D eigenvalue weighted by Crippen LogP contribution is -2.51. The molecule has 0 aromatic heterocycles. The number of amidine groups is 1. The molecule has 0 aromatic rings. The summed E-state index contributed by atoms with van der Waals surface area (Å²) in [6.45, 7) is 6.74. The molecule has 1 saturated heterocycles. The van der Waals surface area contributed by atoms with Gasteiger partial charge in [-0.3, -0.25) is 9.79 Å². The highest BCUT2D eigenvalue weighted by Gasteiger charge is 2.37. The molecule has 0 aliphatic carbocycles. The lowest BCUT2D eigenvalue weighted by molar-refractivity contribution is -0.133. The van der Waals surface area contributed by atoms with Crippen LogP contribution < -0.4 is 11.5 Å². The third-order valence-electron chi connectivity index (χ3n) is 3.40. The van der Waals surface area contributed by atoms with Gasteiger partial charge in [0.15, 0.2) is 0 Å². The zero-order valence-corrected chi connectivity index (χ0v) is 14.1. The Morgan fingerprint density at radius 2 is 1.90 bits per heavy atom. The maximum Gasteiger partial charge on any atom is 0.240 e. The summed E-state index contributed by atoms with van der Waals surface area (Å²) in [7, 11) is 4.91. The highest BCUT2D eigenvalue weighted by atomic mass is 16.4. The summed E-state index contributed by atoms with van der Waals surface area (Å²) < 4.78 is 4.25. The Morgan fingerprint density at radius 1 is 1.43 bits per heavy atom. The Morgan fingerprint density at radius 3 is 2.29 bits per heavy atom. The van der Waals surface area contributed by atoms with E-state index in [9.17, 15) is 4.79 Å². The number of hydrogen-bond donors (Lipinski definition) is 2. The Labute approximate surface area is 131 Å². The van der Waals surface area contributed by atoms with Crippen molar-refractivity contribution in [2.75, 3.05) is 27.8 Å². The number of nitrogens with two attached hydrogens (primary N) is 2. The van der Waals surface area contributed by atoms with Gasteiger partial charge in [0.2, 0.25) is 5.91 Å². The van der Waals surface area contributed by atoms with Crippen LogP contribution in [0.3, 0.4) is 0 Å². The van der Waals surface area contributed by atoms with E-state index < -0.39 is 6.04 Å². The Bertz CT molecular complexity index is 344. The van der Waals surface area contributed by atoms with Crippen LogP contribution in [0.4, 0.5) is 0 Å². The zero-order valence-electron chi connectivity index (χ0n) is 14.1. The van der Waals surface area contributed by atoms with Crippen LogP contribution in [0.1, 0.15) is 30.0 Å². The predicted octanol–water partition coefficient (Wildman–Crippen LogP) is 0.124. The van der Waals surface area contributed by atoms with Crippen molar-refractivity contribution in [1.82, 2.24) is 4.90 Å². The number of aliphatic imine (C=N–C) groups is 1. The van der Waals surface area contributed by atoms with E-state index in [1.807, 2.05) is 13.8 Å². The molecule has 1 aliphatic rings. The first-order chi connectivity index (χ1) is 9.29. The van der Waals surface area contributed by atoms with E-state index in [1.165, 1.54) is 0 Å². The highest BCUT2D eigenvalue weighted by molar-refractivity contribution is 5.92. The van der Waals surface area contributed by atoms with E-state index >= 15 is 0 Å². The van der Waals surface area contributed by atoms with E-state index in [4.69, 9.17) is 11.5 Å². The number of methoxy groups -OCH3 is 1. The van der Waals surface area contributed by atoms with Gasteiger partial charge in [-0.2, -0.15) is 0 Å². The molecule has 1 fully saturated rings. The van der Waals surface area contributed by atoms with Gasteiger partial charge in [0.1, 0.15) is 5.84 Å². The van der Waals surface area contributed by atoms with Gasteiger partial charge in [-0.25, -0.2) is 0 Å². The molecule has 0 saturated carbocycles. The minimum absolute atomic E-state index is 0. The molecular formula is C14H36N4O3. The first-order valence-corrected chi connectivity index (χ1v) is 6.98. The Hall–Kier alpha value is -1.18. The SMILES string of the molecule is CN=C(N)[C@@H]1C[C@H](C)CN1C(=O)[C@@H](N)C(C)C.COC.O.[HH].[HH]. The number of rotatable bonds is 3. The van der Waals surface area contributed by atoms with Crippen molar-refractivity contribution in [3.8, 4) is 0 Å². The fourth-order valence-electron chi connectivity index (χ4n) is 2.20. The number of carbonyl (C=O) groups is 1. The van der Waals surface area contributed by atoms with Crippen LogP contribution in [0.2, 0.25) is 0 Å². The highest BCUT2D eigenvalue weighted by Crippen LogP contribution is 2.24. The molecule has 0 radical (unpaired) electrons. The topological polar surface area (TPSA) is 125 Å². The van der Waals surface area contributed by atoms with Gasteiger partial charge in [0, 0.05) is 30.7 Å². The maximum absolute atomic E-state index is 12.3. The van der Waals surface area contributed by atoms with Gasteiger partial charge in [-0.1, -0.05) is 20.8 Å². The minimum atomic E-state index is -0.451. The monoisotopic (exact) mass is 308 g/mol. The summed E-state index contributed by atoms with van der Waals surface area (Å²) in [6.07, 6.45) is 0.875. The van der Waals surface area contributed by atoms with Crippen LogP contribution in [0.5, 0.6) is 0 Å². The van der Waals surface area contributed by atoms with Crippen molar-refractivity contribution in [3.63, 3.8) is 0 Å². The van der Waals surface area contributed by atoms with E-state index in [-0.39, 0.29) is 26.2 Å². The second-order valence-corrected chi connectivity index (χ2v) is 5.67. The predicted molar refractivity (Wildman–Crippen MR) is 90.4 cm³/mol. The van der Waals surface area contributed by atoms with Crippen molar-refractivity contribution < 1.29 is 17.9 Å². The van der Waals surface area contributed by atoms with Crippen LogP contribution in [-0.4, -0.2) is 62.0 Å². The standard InChI is InChI=1S/C12H24N4O.C2H6O.H2O.2H2/c1-7(2)10(13)12(17)16-6-8(3)5-9(16)11(14)15-4;1-3-2;;;/h7-10H,5-6,13H2,1-4H3,(H2,14,15);1-2H3;1H2;2*1H/t8-,9-,10-;;;;/m0..../s1. The smallest absolute Gasteiger partial charge is 0.240 e.